The van der Waals surface area contributed by atoms with Gasteiger partial charge in [-0.15, -0.1) is 0 Å². The van der Waals surface area contributed by atoms with E-state index in [1.807, 2.05) is 0 Å². The number of fused-ring (bicyclic) bond motifs is 2. The van der Waals surface area contributed by atoms with Gasteiger partial charge < -0.3 is 5.11 Å². The molecule has 2 aliphatic rings. The van der Waals surface area contributed by atoms with Crippen LogP contribution in [0, 0.1) is 0 Å². The van der Waals surface area contributed by atoms with Gasteiger partial charge in [-0.25, -0.2) is 0 Å². The smallest absolute Gasteiger partial charge is 0.146 e. The molecule has 0 aliphatic carbocycles. The van der Waals surface area contributed by atoms with Crippen LogP contribution < -0.4 is 0 Å². The molecule has 0 aromatic rings. The molecule has 0 atom stereocenters. The fourth-order valence-corrected chi connectivity index (χ4v) is 4.13. The Labute approximate surface area is 101 Å². The quantitative estimate of drug-likeness (QED) is 0.529. The first-order valence-corrected chi connectivity index (χ1v) is 7.52. The summed E-state index contributed by atoms with van der Waals surface area (Å²) in [4.78, 5) is 0. The lowest BCUT2D eigenvalue weighted by Gasteiger charge is -2.40. The molecule has 16 heavy (non-hydrogen) atoms. The fourth-order valence-electron chi connectivity index (χ4n) is 4.13. The molecule has 1 nitrogen and oxygen atoms in total. The van der Waals surface area contributed by atoms with Crippen LogP contribution in [0.4, 0.5) is 0 Å². The van der Waals surface area contributed by atoms with Crippen molar-refractivity contribution in [2.75, 3.05) is 6.61 Å². The Balaban J connectivity index is 1.67. The molecule has 2 saturated heterocycles. The van der Waals surface area contributed by atoms with E-state index in [0.29, 0.717) is 6.61 Å². The Hall–Kier alpha value is 0.0249. The number of rotatable bonds is 6. The van der Waals surface area contributed by atoms with Crippen LogP contribution in [0.3, 0.4) is 0 Å². The van der Waals surface area contributed by atoms with E-state index in [-0.39, 0.29) is 0 Å². The number of hydrogen-bond donors (Lipinski definition) is 1. The maximum absolute atomic E-state index is 8.75. The summed E-state index contributed by atoms with van der Waals surface area (Å²) in [5.74, 6) is 2.18. The monoisotopic (exact) mass is 222 g/mol. The van der Waals surface area contributed by atoms with Crippen molar-refractivity contribution in [3.63, 3.8) is 0 Å². The summed E-state index contributed by atoms with van der Waals surface area (Å²) < 4.78 is 0. The Morgan fingerprint density at radius 2 is 1.38 bits per heavy atom. The third kappa shape index (κ3) is 3.26. The van der Waals surface area contributed by atoms with Gasteiger partial charge in [-0.2, -0.15) is 0 Å². The lowest BCUT2D eigenvalue weighted by molar-refractivity contribution is 0.283. The van der Waals surface area contributed by atoms with E-state index in [0.717, 1.165) is 24.8 Å². The number of aliphatic hydroxyl groups is 1. The van der Waals surface area contributed by atoms with Gasteiger partial charge in [0.05, 0.1) is 0 Å². The molecule has 0 amide bonds. The minimum Gasteiger partial charge on any atom is -0.396 e. The van der Waals surface area contributed by atoms with Crippen molar-refractivity contribution in [3.05, 3.63) is 0 Å². The molecule has 0 aromatic heterocycles. The van der Waals surface area contributed by atoms with Crippen LogP contribution in [0.5, 0.6) is 0 Å². The van der Waals surface area contributed by atoms with E-state index in [1.54, 1.807) is 0 Å². The first-order valence-electron chi connectivity index (χ1n) is 7.52. The number of aliphatic hydroxyl groups excluding tert-OH is 1. The predicted molar refractivity (Wildman–Crippen MR) is 71.3 cm³/mol. The van der Waals surface area contributed by atoms with E-state index in [9.17, 15) is 0 Å². The number of unbranched alkanes of at least 4 members (excludes halogenated alkanes) is 3. The summed E-state index contributed by atoms with van der Waals surface area (Å²) in [6.45, 7) is 1.46. The summed E-state index contributed by atoms with van der Waals surface area (Å²) in [6, 6.07) is 0. The standard InChI is InChI=1S/C14H27BO/c16-12-4-2-1-3-11-15-13-7-5-8-14(15)10-6-9-13/h13-14,16H,1-12H2. The van der Waals surface area contributed by atoms with Gasteiger partial charge in [-0.1, -0.05) is 75.7 Å². The summed E-state index contributed by atoms with van der Waals surface area (Å²) >= 11 is 0. The van der Waals surface area contributed by atoms with Crippen LogP contribution in [0.25, 0.3) is 0 Å². The Morgan fingerprint density at radius 3 is 1.94 bits per heavy atom. The molecule has 2 heterocycles. The molecular formula is C14H27BO. The average Bonchev–Trinajstić information content (AvgIpc) is 2.28. The van der Waals surface area contributed by atoms with Crippen LogP contribution in [-0.2, 0) is 0 Å². The van der Waals surface area contributed by atoms with Crippen molar-refractivity contribution in [1.82, 2.24) is 0 Å². The van der Waals surface area contributed by atoms with Crippen molar-refractivity contribution in [3.8, 4) is 0 Å². The van der Waals surface area contributed by atoms with Crippen LogP contribution in [0.2, 0.25) is 18.0 Å². The third-order valence-electron chi connectivity index (χ3n) is 4.96. The highest BCUT2D eigenvalue weighted by Crippen LogP contribution is 2.48. The summed E-state index contributed by atoms with van der Waals surface area (Å²) in [5, 5.41) is 8.75. The molecule has 2 bridgehead atoms. The highest BCUT2D eigenvalue weighted by Gasteiger charge is 2.37. The molecule has 2 rings (SSSR count). The van der Waals surface area contributed by atoms with E-state index < -0.39 is 0 Å². The van der Waals surface area contributed by atoms with Crippen molar-refractivity contribution < 1.29 is 5.11 Å². The average molecular weight is 222 g/mol. The minimum atomic E-state index is 0.384. The molecule has 92 valence electrons. The van der Waals surface area contributed by atoms with Crippen LogP contribution in [0.1, 0.15) is 64.2 Å². The highest BCUT2D eigenvalue weighted by molar-refractivity contribution is 6.62. The second-order valence-corrected chi connectivity index (χ2v) is 5.97. The van der Waals surface area contributed by atoms with Gasteiger partial charge in [0.2, 0.25) is 0 Å². The number of hydrogen-bond acceptors (Lipinski definition) is 1. The fraction of sp³-hybridized carbons (Fsp3) is 1.00. The summed E-state index contributed by atoms with van der Waals surface area (Å²) in [5.41, 5.74) is 0. The topological polar surface area (TPSA) is 20.2 Å². The van der Waals surface area contributed by atoms with Gasteiger partial charge in [-0.05, 0) is 6.42 Å². The lowest BCUT2D eigenvalue weighted by Crippen LogP contribution is -2.34. The molecule has 0 saturated carbocycles. The SMILES string of the molecule is OCCCCCCB1C2CCCC1CCC2. The summed E-state index contributed by atoms with van der Waals surface area (Å²) in [6.07, 6.45) is 15.6. The Bertz CT molecular complexity index is 173. The zero-order chi connectivity index (χ0) is 11.2. The van der Waals surface area contributed by atoms with Gasteiger partial charge in [-0.3, -0.25) is 0 Å². The van der Waals surface area contributed by atoms with Gasteiger partial charge >= 0.3 is 0 Å². The van der Waals surface area contributed by atoms with Crippen LogP contribution in [-0.4, -0.2) is 18.4 Å². The second kappa shape index (κ2) is 6.69. The van der Waals surface area contributed by atoms with Gasteiger partial charge in [0.25, 0.3) is 0 Å². The maximum Gasteiger partial charge on any atom is 0.146 e. The van der Waals surface area contributed by atoms with E-state index in [4.69, 9.17) is 5.11 Å². The Kier molecular flexibility index (Phi) is 5.22. The van der Waals surface area contributed by atoms with Crippen molar-refractivity contribution in [2.45, 2.75) is 82.2 Å². The van der Waals surface area contributed by atoms with Crippen LogP contribution in [0.15, 0.2) is 0 Å². The third-order valence-corrected chi connectivity index (χ3v) is 4.96. The molecule has 0 radical (unpaired) electrons. The summed E-state index contributed by atoms with van der Waals surface area (Å²) in [7, 11) is 0. The first-order chi connectivity index (χ1) is 7.92. The van der Waals surface area contributed by atoms with E-state index in [1.165, 1.54) is 64.1 Å². The molecule has 0 spiro atoms. The molecule has 2 aliphatic heterocycles. The highest BCUT2D eigenvalue weighted by atomic mass is 16.2. The van der Waals surface area contributed by atoms with E-state index in [2.05, 4.69) is 0 Å². The molecule has 0 aromatic carbocycles. The van der Waals surface area contributed by atoms with E-state index >= 15 is 0 Å². The van der Waals surface area contributed by atoms with Crippen molar-refractivity contribution in [1.29, 1.82) is 0 Å². The lowest BCUT2D eigenvalue weighted by atomic mass is 9.26. The van der Waals surface area contributed by atoms with Gasteiger partial charge in [0.1, 0.15) is 6.71 Å². The molecule has 0 unspecified atom stereocenters. The van der Waals surface area contributed by atoms with Gasteiger partial charge in [0, 0.05) is 6.61 Å². The molecule has 2 heteroatoms. The van der Waals surface area contributed by atoms with Crippen LogP contribution >= 0.6 is 0 Å². The molecular weight excluding hydrogens is 195 g/mol. The minimum absolute atomic E-state index is 0.384. The predicted octanol–water partition coefficient (Wildman–Crippen LogP) is 4.14. The second-order valence-electron chi connectivity index (χ2n) is 5.97. The van der Waals surface area contributed by atoms with Crippen molar-refractivity contribution >= 4 is 6.71 Å². The largest absolute Gasteiger partial charge is 0.396 e. The maximum atomic E-state index is 8.75. The normalized spacial score (nSPS) is 29.4. The van der Waals surface area contributed by atoms with Crippen molar-refractivity contribution in [2.24, 2.45) is 0 Å². The zero-order valence-electron chi connectivity index (χ0n) is 10.7. The molecule has 1 N–H and O–H groups in total. The molecule has 2 fully saturated rings. The zero-order valence-corrected chi connectivity index (χ0v) is 10.7. The van der Waals surface area contributed by atoms with Gasteiger partial charge in [0.15, 0.2) is 0 Å². The Morgan fingerprint density at radius 1 is 0.812 bits per heavy atom. The first kappa shape index (κ1) is 12.5.